The van der Waals surface area contributed by atoms with Crippen molar-refractivity contribution in [1.29, 1.82) is 0 Å². The normalized spacial score (nSPS) is 13.5. The van der Waals surface area contributed by atoms with Crippen molar-refractivity contribution in [1.82, 2.24) is 21.3 Å². The third kappa shape index (κ3) is 12.0. The predicted octanol–water partition coefficient (Wildman–Crippen LogP) is 5.55. The average molecular weight is 699 g/mol. The van der Waals surface area contributed by atoms with Gasteiger partial charge in [-0.25, -0.2) is 9.59 Å². The zero-order valence-electron chi connectivity index (χ0n) is 30.2. The number of rotatable bonds is 13. The number of benzene rings is 4. The molecule has 51 heavy (non-hydrogen) atoms. The van der Waals surface area contributed by atoms with Crippen molar-refractivity contribution in [3.05, 3.63) is 96.1 Å². The van der Waals surface area contributed by atoms with Gasteiger partial charge in [-0.05, 0) is 80.6 Å². The van der Waals surface area contributed by atoms with Crippen LogP contribution in [0.3, 0.4) is 0 Å². The molecule has 0 bridgehead atoms. The van der Waals surface area contributed by atoms with Crippen LogP contribution in [0.2, 0.25) is 0 Å². The summed E-state index contributed by atoms with van der Waals surface area (Å²) in [5.41, 5.74) is 0.188. The van der Waals surface area contributed by atoms with Crippen molar-refractivity contribution >= 4 is 45.5 Å². The predicted molar refractivity (Wildman–Crippen MR) is 198 cm³/mol. The molecule has 4 rings (SSSR count). The van der Waals surface area contributed by atoms with Crippen LogP contribution in [0.4, 0.5) is 9.59 Å². The molecule has 0 heterocycles. The number of aliphatic hydroxyl groups excluding tert-OH is 1. The minimum atomic E-state index is -1.02. The smallest absolute Gasteiger partial charge is 0.408 e. The van der Waals surface area contributed by atoms with Crippen LogP contribution < -0.4 is 21.3 Å². The van der Waals surface area contributed by atoms with E-state index in [1.54, 1.807) is 41.5 Å². The first-order valence-corrected chi connectivity index (χ1v) is 17.2. The second-order valence-electron chi connectivity index (χ2n) is 14.6. The number of alkyl carbamates (subject to hydrolysis) is 2. The molecule has 4 aromatic rings. The summed E-state index contributed by atoms with van der Waals surface area (Å²) in [6, 6.07) is 24.4. The number of ether oxygens (including phenoxy) is 2. The lowest BCUT2D eigenvalue weighted by Crippen LogP contribution is -2.53. The van der Waals surface area contributed by atoms with Crippen LogP contribution in [0.1, 0.15) is 59.1 Å². The van der Waals surface area contributed by atoms with E-state index in [2.05, 4.69) is 21.3 Å². The Morgan fingerprint density at radius 2 is 1.04 bits per heavy atom. The van der Waals surface area contributed by atoms with Gasteiger partial charge in [-0.15, -0.1) is 0 Å². The lowest BCUT2D eigenvalue weighted by molar-refractivity contribution is -0.124. The van der Waals surface area contributed by atoms with Gasteiger partial charge in [0.1, 0.15) is 23.3 Å². The molecule has 0 fully saturated rings. The minimum absolute atomic E-state index is 0.0832. The standard InChI is InChI=1S/C40H50N4O7/c1-39(2,3)50-37(48)43-33(23-28-17-11-15-26-13-7-9-19-31(26)28)35(46)41-22-21-30(25-45)42-36(47)34(44-38(49)51-40(4,5)6)24-29-18-12-16-27-14-8-10-20-32(27)29/h7-20,30,33-34,45H,21-25H2,1-6H3,(H,41,46)(H,42,47)(H,43,48)(H,44,49). The average Bonchev–Trinajstić information content (AvgIpc) is 3.05. The Balaban J connectivity index is 1.44. The van der Waals surface area contributed by atoms with Crippen LogP contribution in [-0.2, 0) is 31.9 Å². The molecule has 5 N–H and O–H groups in total. The molecular formula is C40H50N4O7. The summed E-state index contributed by atoms with van der Waals surface area (Å²) < 4.78 is 10.9. The number of aliphatic hydroxyl groups is 1. The minimum Gasteiger partial charge on any atom is -0.444 e. The third-order valence-corrected chi connectivity index (χ3v) is 7.98. The van der Waals surface area contributed by atoms with E-state index in [4.69, 9.17) is 9.47 Å². The van der Waals surface area contributed by atoms with Crippen LogP contribution in [0, 0.1) is 0 Å². The van der Waals surface area contributed by atoms with Crippen LogP contribution in [0.25, 0.3) is 21.5 Å². The number of hydrogen-bond donors (Lipinski definition) is 5. The van der Waals surface area contributed by atoms with Crippen molar-refractivity contribution in [2.45, 2.75) is 90.1 Å². The van der Waals surface area contributed by atoms with Gasteiger partial charge < -0.3 is 35.8 Å². The van der Waals surface area contributed by atoms with Crippen molar-refractivity contribution in [2.24, 2.45) is 0 Å². The molecular weight excluding hydrogens is 648 g/mol. The Morgan fingerprint density at radius 3 is 1.49 bits per heavy atom. The maximum Gasteiger partial charge on any atom is 0.408 e. The first kappa shape index (κ1) is 38.6. The summed E-state index contributed by atoms with van der Waals surface area (Å²) in [6.07, 6.45) is -0.912. The van der Waals surface area contributed by atoms with Gasteiger partial charge in [0.05, 0.1) is 12.6 Å². The van der Waals surface area contributed by atoms with Gasteiger partial charge in [0.2, 0.25) is 11.8 Å². The number of amides is 4. The lowest BCUT2D eigenvalue weighted by Gasteiger charge is -2.26. The van der Waals surface area contributed by atoms with Gasteiger partial charge in [0.25, 0.3) is 0 Å². The Bertz CT molecular complexity index is 1820. The molecule has 272 valence electrons. The Kier molecular flexibility index (Phi) is 13.0. The van der Waals surface area contributed by atoms with Crippen LogP contribution in [0.15, 0.2) is 84.9 Å². The largest absolute Gasteiger partial charge is 0.444 e. The van der Waals surface area contributed by atoms with Crippen molar-refractivity contribution in [3.63, 3.8) is 0 Å². The highest BCUT2D eigenvalue weighted by Gasteiger charge is 2.28. The highest BCUT2D eigenvalue weighted by atomic mass is 16.6. The molecule has 0 saturated heterocycles. The fourth-order valence-corrected chi connectivity index (χ4v) is 5.70. The summed E-state index contributed by atoms with van der Waals surface area (Å²) in [7, 11) is 0. The fraction of sp³-hybridized carbons (Fsp3) is 0.400. The number of carbonyl (C=O) groups is 4. The maximum atomic E-state index is 13.7. The van der Waals surface area contributed by atoms with E-state index in [0.717, 1.165) is 32.7 Å². The monoisotopic (exact) mass is 698 g/mol. The molecule has 3 atom stereocenters. The highest BCUT2D eigenvalue weighted by molar-refractivity contribution is 5.90. The second kappa shape index (κ2) is 17.2. The molecule has 4 aromatic carbocycles. The van der Waals surface area contributed by atoms with E-state index < -0.39 is 59.9 Å². The molecule has 0 aliphatic carbocycles. The molecule has 0 saturated carbocycles. The lowest BCUT2D eigenvalue weighted by atomic mass is 9.98. The van der Waals surface area contributed by atoms with E-state index >= 15 is 0 Å². The molecule has 0 aliphatic heterocycles. The van der Waals surface area contributed by atoms with E-state index in [1.807, 2.05) is 84.9 Å². The van der Waals surface area contributed by atoms with Gasteiger partial charge in [0, 0.05) is 19.4 Å². The number of carbonyl (C=O) groups excluding carboxylic acids is 4. The Hall–Kier alpha value is -5.16. The molecule has 3 unspecified atom stereocenters. The van der Waals surface area contributed by atoms with Gasteiger partial charge in [-0.1, -0.05) is 84.9 Å². The number of hydrogen-bond acceptors (Lipinski definition) is 7. The first-order chi connectivity index (χ1) is 24.1. The SMILES string of the molecule is CC(C)(C)OC(=O)NC(Cc1cccc2ccccc12)C(=O)NCCC(CO)NC(=O)C(Cc1cccc2ccccc12)NC(=O)OC(C)(C)C. The van der Waals surface area contributed by atoms with E-state index in [9.17, 15) is 24.3 Å². The summed E-state index contributed by atoms with van der Waals surface area (Å²) in [5.74, 6) is -0.961. The van der Waals surface area contributed by atoms with Crippen LogP contribution in [-0.4, -0.2) is 71.6 Å². The summed E-state index contributed by atoms with van der Waals surface area (Å²) in [5, 5.41) is 25.2. The number of nitrogens with one attached hydrogen (secondary N) is 4. The molecule has 11 heteroatoms. The summed E-state index contributed by atoms with van der Waals surface area (Å²) in [6.45, 7) is 10.1. The second-order valence-corrected chi connectivity index (χ2v) is 14.6. The maximum absolute atomic E-state index is 13.7. The van der Waals surface area contributed by atoms with E-state index in [1.165, 1.54) is 0 Å². The highest BCUT2D eigenvalue weighted by Crippen LogP contribution is 2.22. The van der Waals surface area contributed by atoms with Gasteiger partial charge >= 0.3 is 12.2 Å². The van der Waals surface area contributed by atoms with Gasteiger partial charge in [-0.3, -0.25) is 9.59 Å². The van der Waals surface area contributed by atoms with Crippen LogP contribution in [0.5, 0.6) is 0 Å². The molecule has 11 nitrogen and oxygen atoms in total. The summed E-state index contributed by atoms with van der Waals surface area (Å²) >= 11 is 0. The van der Waals surface area contributed by atoms with Crippen molar-refractivity contribution in [2.75, 3.05) is 13.2 Å². The zero-order chi connectivity index (χ0) is 37.2. The van der Waals surface area contributed by atoms with Gasteiger partial charge in [-0.2, -0.15) is 0 Å². The zero-order valence-corrected chi connectivity index (χ0v) is 30.2. The molecule has 4 amide bonds. The molecule has 0 aliphatic rings. The number of fused-ring (bicyclic) bond motifs is 2. The quantitative estimate of drug-likeness (QED) is 0.123. The van der Waals surface area contributed by atoms with E-state index in [-0.39, 0.29) is 25.8 Å². The Morgan fingerprint density at radius 1 is 0.608 bits per heavy atom. The van der Waals surface area contributed by atoms with Crippen molar-refractivity contribution in [3.8, 4) is 0 Å². The topological polar surface area (TPSA) is 155 Å². The van der Waals surface area contributed by atoms with Crippen LogP contribution >= 0.6 is 0 Å². The molecule has 0 aromatic heterocycles. The third-order valence-electron chi connectivity index (χ3n) is 7.98. The van der Waals surface area contributed by atoms with Gasteiger partial charge in [0.15, 0.2) is 0 Å². The Labute approximate surface area is 299 Å². The van der Waals surface area contributed by atoms with Crippen molar-refractivity contribution < 1.29 is 33.8 Å². The fourth-order valence-electron chi connectivity index (χ4n) is 5.70. The first-order valence-electron chi connectivity index (χ1n) is 17.2. The summed E-state index contributed by atoms with van der Waals surface area (Å²) in [4.78, 5) is 52.8. The molecule has 0 radical (unpaired) electrons. The molecule has 0 spiro atoms. The van der Waals surface area contributed by atoms with E-state index in [0.29, 0.717) is 0 Å².